The number of rotatable bonds is 7. The van der Waals surface area contributed by atoms with Crippen LogP contribution in [0.2, 0.25) is 0 Å². The molecule has 6 atom stereocenters. The molecule has 2 saturated heterocycles. The summed E-state index contributed by atoms with van der Waals surface area (Å²) in [5, 5.41) is 5.85. The van der Waals surface area contributed by atoms with Gasteiger partial charge in [-0.3, -0.25) is 29.3 Å². The van der Waals surface area contributed by atoms with Crippen molar-refractivity contribution in [2.45, 2.75) is 91.5 Å². The highest BCUT2D eigenvalue weighted by Crippen LogP contribution is 2.43. The molecule has 13 heteroatoms. The number of anilines is 1. The van der Waals surface area contributed by atoms with E-state index in [2.05, 4.69) is 102 Å². The number of hydrazine groups is 1. The lowest BCUT2D eigenvalue weighted by atomic mass is 9.84. The van der Waals surface area contributed by atoms with Crippen LogP contribution in [0.25, 0.3) is 27.7 Å². The quantitative estimate of drug-likeness (QED) is 0.314. The molecule has 6 bridgehead atoms. The van der Waals surface area contributed by atoms with Crippen molar-refractivity contribution in [3.05, 3.63) is 53.4 Å². The van der Waals surface area contributed by atoms with Crippen molar-refractivity contribution in [3.63, 3.8) is 0 Å². The predicted octanol–water partition coefficient (Wildman–Crippen LogP) is 5.03. The third-order valence-corrected chi connectivity index (χ3v) is 13.4. The number of ether oxygens (including phenoxy) is 2. The smallest absolute Gasteiger partial charge is 0.324 e. The van der Waals surface area contributed by atoms with Crippen molar-refractivity contribution in [2.75, 3.05) is 78.0 Å². The number of nitrogens with one attached hydrogen (secondary N) is 2. The molecule has 4 aliphatic heterocycles. The number of aromatic nitrogens is 2. The Balaban J connectivity index is 1.24. The van der Waals surface area contributed by atoms with Crippen LogP contribution in [0.15, 0.2) is 36.5 Å². The summed E-state index contributed by atoms with van der Waals surface area (Å²) in [4.78, 5) is 53.7. The summed E-state index contributed by atoms with van der Waals surface area (Å²) in [5.74, 6) is -0.390. The number of aryl methyl sites for hydroxylation is 1. The summed E-state index contributed by atoms with van der Waals surface area (Å²) >= 11 is 0. The number of fused-ring (bicyclic) bond motifs is 6. The van der Waals surface area contributed by atoms with E-state index in [0.29, 0.717) is 44.8 Å². The Labute approximate surface area is 349 Å². The second kappa shape index (κ2) is 17.0. The van der Waals surface area contributed by atoms with Crippen molar-refractivity contribution in [1.29, 1.82) is 0 Å². The number of methoxy groups -OCH3 is 1. The Morgan fingerprint density at radius 1 is 1.12 bits per heavy atom. The average Bonchev–Trinajstić information content (AvgIpc) is 3.91. The molecule has 0 spiro atoms. The molecule has 5 aliphatic rings. The number of piperazine rings is 1. The number of benzene rings is 1. The van der Waals surface area contributed by atoms with Crippen LogP contribution >= 0.6 is 0 Å². The van der Waals surface area contributed by atoms with Gasteiger partial charge < -0.3 is 29.2 Å². The number of carbonyl (C=O) groups excluding carboxylic acids is 3. The van der Waals surface area contributed by atoms with Crippen molar-refractivity contribution in [2.24, 2.45) is 17.3 Å². The number of nitrogens with zero attached hydrogens (tertiary/aromatic N) is 6. The normalized spacial score (nSPS) is 27.2. The topological polar surface area (TPSA) is 125 Å². The van der Waals surface area contributed by atoms with Gasteiger partial charge in [-0.1, -0.05) is 32.9 Å². The van der Waals surface area contributed by atoms with Gasteiger partial charge in [0.25, 0.3) is 5.91 Å². The van der Waals surface area contributed by atoms with Crippen LogP contribution in [0.5, 0.6) is 0 Å². The minimum Gasteiger partial charge on any atom is -0.464 e. The lowest BCUT2D eigenvalue weighted by molar-refractivity contribution is -0.155. The highest BCUT2D eigenvalue weighted by atomic mass is 16.5. The van der Waals surface area contributed by atoms with Crippen molar-refractivity contribution in [1.82, 2.24) is 35.1 Å². The fourth-order valence-electron chi connectivity index (χ4n) is 9.55. The molecule has 1 saturated carbocycles. The van der Waals surface area contributed by atoms with Gasteiger partial charge in [0, 0.05) is 93.8 Å². The SMILES string of the molecule is CCn1c(-c2cc(N3CCN(C)CC3)cnc2[C@H](C)OC)c2c3cc(ccc31)C1=CCCN(C1)C[C@H](NC(=O)[C@H]1C[C@@H]1C)C(=O)N1CCC[C@H](N1)C(=O)OCC(C)(C)C2. The van der Waals surface area contributed by atoms with Crippen LogP contribution in [-0.2, 0) is 36.8 Å². The molecule has 1 aromatic carbocycles. The average molecular weight is 809 g/mol. The minimum atomic E-state index is -0.746. The fourth-order valence-corrected chi connectivity index (χ4v) is 9.55. The van der Waals surface area contributed by atoms with Gasteiger partial charge in [0.15, 0.2) is 0 Å². The maximum absolute atomic E-state index is 14.2. The molecule has 2 amide bonds. The monoisotopic (exact) mass is 808 g/mol. The first-order chi connectivity index (χ1) is 28.3. The molecule has 3 fully saturated rings. The van der Waals surface area contributed by atoms with E-state index >= 15 is 0 Å². The molecule has 2 aromatic heterocycles. The molecule has 1 unspecified atom stereocenters. The van der Waals surface area contributed by atoms with Gasteiger partial charge in [0.05, 0.1) is 36.0 Å². The molecule has 318 valence electrons. The van der Waals surface area contributed by atoms with E-state index in [1.165, 1.54) is 16.5 Å². The molecular weight excluding hydrogens is 745 g/mol. The zero-order valence-electron chi connectivity index (χ0n) is 36.2. The number of cyclic esters (lactones) is 1. The van der Waals surface area contributed by atoms with Crippen LogP contribution in [-0.4, -0.2) is 127 Å². The first-order valence-corrected chi connectivity index (χ1v) is 21.9. The Morgan fingerprint density at radius 2 is 1.90 bits per heavy atom. The Morgan fingerprint density at radius 3 is 2.63 bits per heavy atom. The van der Waals surface area contributed by atoms with E-state index in [0.717, 1.165) is 85.8 Å². The van der Waals surface area contributed by atoms with Gasteiger partial charge in [0.1, 0.15) is 12.1 Å². The predicted molar refractivity (Wildman–Crippen MR) is 231 cm³/mol. The van der Waals surface area contributed by atoms with E-state index in [1.54, 1.807) is 12.1 Å². The molecule has 59 heavy (non-hydrogen) atoms. The largest absolute Gasteiger partial charge is 0.464 e. The van der Waals surface area contributed by atoms with Crippen molar-refractivity contribution >= 4 is 39.9 Å². The second-order valence-corrected chi connectivity index (χ2v) is 18.5. The molecule has 6 heterocycles. The lowest BCUT2D eigenvalue weighted by Gasteiger charge is -2.37. The van der Waals surface area contributed by atoms with Crippen molar-refractivity contribution in [3.8, 4) is 11.3 Å². The van der Waals surface area contributed by atoms with Crippen molar-refractivity contribution < 1.29 is 23.9 Å². The summed E-state index contributed by atoms with van der Waals surface area (Å²) in [5.41, 5.74) is 11.7. The van der Waals surface area contributed by atoms with Crippen LogP contribution in [0, 0.1) is 17.3 Å². The summed E-state index contributed by atoms with van der Waals surface area (Å²) < 4.78 is 14.6. The second-order valence-electron chi connectivity index (χ2n) is 18.5. The molecule has 0 radical (unpaired) electrons. The fraction of sp³-hybridized carbons (Fsp3) is 0.609. The van der Waals surface area contributed by atoms with E-state index in [-0.39, 0.29) is 36.4 Å². The zero-order chi connectivity index (χ0) is 41.6. The molecule has 3 aromatic rings. The molecule has 13 nitrogen and oxygen atoms in total. The summed E-state index contributed by atoms with van der Waals surface area (Å²) in [6, 6.07) is 7.75. The maximum Gasteiger partial charge on any atom is 0.324 e. The van der Waals surface area contributed by atoms with E-state index in [4.69, 9.17) is 14.5 Å². The standard InChI is InChI=1S/C46H64N8O5/c1-8-53-40-14-13-31-22-35(40)37(42(53)36-23-33(25-47-41(36)30(3)58-7)52-19-17-50(6)18-20-52)24-46(4,5)28-59-45(57)38-12-10-16-54(49-38)44(56)39(48-43(55)34-21-29(34)2)27-51-15-9-11-32(31)26-51/h11,13-14,22-23,25,29-30,34,38-39,49H,8-10,12,15-21,24,26-28H2,1-7H3,(H,48,55)/t29-,30-,34-,38-,39-/m0/s1. The number of hydrogen-bond donors (Lipinski definition) is 2. The molecule has 8 rings (SSSR count). The summed E-state index contributed by atoms with van der Waals surface area (Å²) in [6.45, 7) is 17.8. The van der Waals surface area contributed by atoms with E-state index < -0.39 is 17.5 Å². The third kappa shape index (κ3) is 8.67. The molecule has 1 aliphatic carbocycles. The molecule has 2 N–H and O–H groups in total. The third-order valence-electron chi connectivity index (χ3n) is 13.4. The minimum absolute atomic E-state index is 0.0619. The van der Waals surface area contributed by atoms with E-state index in [1.807, 2.05) is 6.20 Å². The van der Waals surface area contributed by atoms with Gasteiger partial charge in [-0.15, -0.1) is 0 Å². The first kappa shape index (κ1) is 41.4. The van der Waals surface area contributed by atoms with Gasteiger partial charge in [-0.2, -0.15) is 0 Å². The van der Waals surface area contributed by atoms with Gasteiger partial charge in [0.2, 0.25) is 5.91 Å². The van der Waals surface area contributed by atoms with Gasteiger partial charge >= 0.3 is 5.97 Å². The van der Waals surface area contributed by atoms with Crippen LogP contribution in [0.1, 0.15) is 83.2 Å². The highest BCUT2D eigenvalue weighted by Gasteiger charge is 2.42. The number of hydrogen-bond acceptors (Lipinski definition) is 10. The Hall–Kier alpha value is -4.30. The summed E-state index contributed by atoms with van der Waals surface area (Å²) in [6.07, 6.45) is 7.64. The highest BCUT2D eigenvalue weighted by molar-refractivity contribution is 5.95. The molecular formula is C46H64N8O5. The number of amides is 2. The van der Waals surface area contributed by atoms with Crippen LogP contribution < -0.4 is 15.6 Å². The number of pyridine rings is 1. The lowest BCUT2D eigenvalue weighted by Crippen LogP contribution is -2.62. The number of likely N-dealkylation sites (N-methyl/N-ethyl adjacent to an activating group) is 1. The summed E-state index contributed by atoms with van der Waals surface area (Å²) in [7, 11) is 3.91. The van der Waals surface area contributed by atoms with Gasteiger partial charge in [-0.05, 0) is 93.8 Å². The van der Waals surface area contributed by atoms with Crippen LogP contribution in [0.3, 0.4) is 0 Å². The maximum atomic E-state index is 14.2. The Kier molecular flexibility index (Phi) is 11.9. The number of carbonyl (C=O) groups is 3. The van der Waals surface area contributed by atoms with Crippen LogP contribution in [0.4, 0.5) is 5.69 Å². The zero-order valence-corrected chi connectivity index (χ0v) is 36.2. The van der Waals surface area contributed by atoms with Gasteiger partial charge in [-0.25, -0.2) is 5.43 Å². The van der Waals surface area contributed by atoms with E-state index in [9.17, 15) is 14.4 Å². The number of esters is 1. The first-order valence-electron chi connectivity index (χ1n) is 21.9. The Bertz CT molecular complexity index is 2100.